The highest BCUT2D eigenvalue weighted by Gasteiger charge is 2.30. The molecule has 0 spiro atoms. The van der Waals surface area contributed by atoms with Gasteiger partial charge in [0.1, 0.15) is 11.3 Å². The normalized spacial score (nSPS) is 17.4. The third-order valence-corrected chi connectivity index (χ3v) is 4.32. The van der Waals surface area contributed by atoms with E-state index < -0.39 is 5.97 Å². The van der Waals surface area contributed by atoms with Crippen LogP contribution in [0.2, 0.25) is 0 Å². The second-order valence-electron chi connectivity index (χ2n) is 5.75. The lowest BCUT2D eigenvalue weighted by molar-refractivity contribution is 0.0693. The number of carbonyl (C=O) groups excluding carboxylic acids is 1. The first-order chi connectivity index (χ1) is 11.1. The van der Waals surface area contributed by atoms with Crippen molar-refractivity contribution in [2.75, 3.05) is 13.1 Å². The van der Waals surface area contributed by atoms with Gasteiger partial charge in [-0.15, -0.1) is 0 Å². The molecule has 2 aromatic rings. The van der Waals surface area contributed by atoms with Gasteiger partial charge in [-0.3, -0.25) is 4.79 Å². The topological polar surface area (TPSA) is 70.8 Å². The molecule has 1 N–H and O–H groups in total. The van der Waals surface area contributed by atoms with Gasteiger partial charge in [0.2, 0.25) is 0 Å². The van der Waals surface area contributed by atoms with Crippen LogP contribution in [0.25, 0.3) is 0 Å². The highest BCUT2D eigenvalue weighted by Crippen LogP contribution is 2.28. The summed E-state index contributed by atoms with van der Waals surface area (Å²) in [5.41, 5.74) is 1.30. The van der Waals surface area contributed by atoms with E-state index in [9.17, 15) is 9.59 Å². The van der Waals surface area contributed by atoms with Crippen LogP contribution in [-0.4, -0.2) is 35.0 Å². The zero-order valence-corrected chi connectivity index (χ0v) is 13.0. The van der Waals surface area contributed by atoms with Crippen molar-refractivity contribution in [2.45, 2.75) is 25.7 Å². The van der Waals surface area contributed by atoms with E-state index in [1.165, 1.54) is 11.6 Å². The van der Waals surface area contributed by atoms with E-state index in [0.717, 1.165) is 6.42 Å². The summed E-state index contributed by atoms with van der Waals surface area (Å²) in [6, 6.07) is 11.5. The molecule has 1 saturated heterocycles. The molecule has 2 heterocycles. The smallest absolute Gasteiger partial charge is 0.339 e. The van der Waals surface area contributed by atoms with E-state index >= 15 is 0 Å². The van der Waals surface area contributed by atoms with Crippen LogP contribution < -0.4 is 0 Å². The number of rotatable bonds is 4. The monoisotopic (exact) mass is 313 g/mol. The van der Waals surface area contributed by atoms with Crippen LogP contribution in [-0.2, 0) is 6.42 Å². The first kappa shape index (κ1) is 15.3. The van der Waals surface area contributed by atoms with E-state index in [0.29, 0.717) is 31.2 Å². The Hall–Kier alpha value is -2.56. The molecule has 1 aliphatic rings. The predicted molar refractivity (Wildman–Crippen MR) is 84.7 cm³/mol. The Balaban J connectivity index is 1.76. The van der Waals surface area contributed by atoms with Crippen molar-refractivity contribution >= 4 is 11.9 Å². The minimum absolute atomic E-state index is 0.0784. The zero-order chi connectivity index (χ0) is 16.4. The summed E-state index contributed by atoms with van der Waals surface area (Å²) in [6.07, 6.45) is 1.35. The van der Waals surface area contributed by atoms with Gasteiger partial charge in [-0.1, -0.05) is 37.3 Å². The van der Waals surface area contributed by atoms with Crippen LogP contribution in [0.4, 0.5) is 0 Å². The van der Waals surface area contributed by atoms with E-state index in [1.54, 1.807) is 11.8 Å². The van der Waals surface area contributed by atoms with Gasteiger partial charge >= 0.3 is 5.97 Å². The highest BCUT2D eigenvalue weighted by atomic mass is 16.4. The Kier molecular flexibility index (Phi) is 4.19. The molecule has 0 saturated carbocycles. The Labute approximate surface area is 134 Å². The summed E-state index contributed by atoms with van der Waals surface area (Å²) in [5, 5.41) is 9.16. The van der Waals surface area contributed by atoms with Gasteiger partial charge < -0.3 is 14.4 Å². The Morgan fingerprint density at radius 2 is 2.04 bits per heavy atom. The molecule has 120 valence electrons. The second-order valence-corrected chi connectivity index (χ2v) is 5.75. The van der Waals surface area contributed by atoms with Crippen molar-refractivity contribution in [2.24, 2.45) is 0 Å². The Bertz CT molecular complexity index is 720. The van der Waals surface area contributed by atoms with Crippen molar-refractivity contribution in [1.29, 1.82) is 0 Å². The van der Waals surface area contributed by atoms with Crippen molar-refractivity contribution in [3.8, 4) is 0 Å². The van der Waals surface area contributed by atoms with Gasteiger partial charge in [0.15, 0.2) is 5.76 Å². The Morgan fingerprint density at radius 1 is 1.30 bits per heavy atom. The third kappa shape index (κ3) is 2.99. The molecule has 1 fully saturated rings. The van der Waals surface area contributed by atoms with Crippen LogP contribution in [0.15, 0.2) is 40.8 Å². The summed E-state index contributed by atoms with van der Waals surface area (Å²) < 4.78 is 5.47. The number of carboxylic acids is 1. The largest absolute Gasteiger partial charge is 0.478 e. The Morgan fingerprint density at radius 3 is 2.65 bits per heavy atom. The maximum Gasteiger partial charge on any atom is 0.339 e. The molecule has 1 aromatic carbocycles. The van der Waals surface area contributed by atoms with E-state index in [4.69, 9.17) is 9.52 Å². The molecule has 0 aliphatic carbocycles. The van der Waals surface area contributed by atoms with Crippen molar-refractivity contribution < 1.29 is 19.1 Å². The SMILES string of the molecule is CCc1oc(C(=O)N2CC[C@H](c3ccccc3)C2)cc1C(=O)O. The molecule has 1 amide bonds. The van der Waals surface area contributed by atoms with Crippen molar-refractivity contribution in [3.05, 3.63) is 59.0 Å². The summed E-state index contributed by atoms with van der Waals surface area (Å²) >= 11 is 0. The summed E-state index contributed by atoms with van der Waals surface area (Å²) in [4.78, 5) is 25.5. The van der Waals surface area contributed by atoms with E-state index in [2.05, 4.69) is 12.1 Å². The second kappa shape index (κ2) is 6.28. The van der Waals surface area contributed by atoms with Crippen LogP contribution >= 0.6 is 0 Å². The van der Waals surface area contributed by atoms with Gasteiger partial charge in [-0.25, -0.2) is 4.79 Å². The molecule has 0 radical (unpaired) electrons. The molecule has 23 heavy (non-hydrogen) atoms. The lowest BCUT2D eigenvalue weighted by Gasteiger charge is -2.15. The molecule has 0 unspecified atom stereocenters. The van der Waals surface area contributed by atoms with Gasteiger partial charge in [-0.2, -0.15) is 0 Å². The minimum Gasteiger partial charge on any atom is -0.478 e. The van der Waals surface area contributed by atoms with E-state index in [-0.39, 0.29) is 17.2 Å². The quantitative estimate of drug-likeness (QED) is 0.941. The highest BCUT2D eigenvalue weighted by molar-refractivity contribution is 5.96. The van der Waals surface area contributed by atoms with Gasteiger partial charge in [-0.05, 0) is 12.0 Å². The number of aromatic carboxylic acids is 1. The molecular weight excluding hydrogens is 294 g/mol. The fraction of sp³-hybridized carbons (Fsp3) is 0.333. The summed E-state index contributed by atoms with van der Waals surface area (Å²) in [6.45, 7) is 3.09. The molecule has 3 rings (SSSR count). The van der Waals surface area contributed by atoms with E-state index in [1.807, 2.05) is 18.2 Å². The number of amides is 1. The number of benzene rings is 1. The molecule has 5 nitrogen and oxygen atoms in total. The first-order valence-corrected chi connectivity index (χ1v) is 7.80. The van der Waals surface area contributed by atoms with Crippen molar-refractivity contribution in [1.82, 2.24) is 4.90 Å². The number of hydrogen-bond donors (Lipinski definition) is 1. The first-order valence-electron chi connectivity index (χ1n) is 7.80. The van der Waals surface area contributed by atoms with Crippen LogP contribution in [0.5, 0.6) is 0 Å². The molecule has 1 aliphatic heterocycles. The maximum atomic E-state index is 12.6. The number of nitrogens with zero attached hydrogens (tertiary/aromatic N) is 1. The van der Waals surface area contributed by atoms with Crippen molar-refractivity contribution in [3.63, 3.8) is 0 Å². The average molecular weight is 313 g/mol. The third-order valence-electron chi connectivity index (χ3n) is 4.32. The standard InChI is InChI=1S/C18H19NO4/c1-2-15-14(18(21)22)10-16(23-15)17(20)19-9-8-13(11-19)12-6-4-3-5-7-12/h3-7,10,13H,2,8-9,11H2,1H3,(H,21,22)/t13-/m0/s1. The molecular formula is C18H19NO4. The average Bonchev–Trinajstić information content (AvgIpc) is 3.22. The van der Waals surface area contributed by atoms with Crippen LogP contribution in [0.3, 0.4) is 0 Å². The number of aryl methyl sites for hydroxylation is 1. The minimum atomic E-state index is -1.06. The number of carbonyl (C=O) groups is 2. The molecule has 5 heteroatoms. The number of carboxylic acid groups (broad SMARTS) is 1. The fourth-order valence-corrected chi connectivity index (χ4v) is 3.08. The summed E-state index contributed by atoms with van der Waals surface area (Å²) in [7, 11) is 0. The van der Waals surface area contributed by atoms with Gasteiger partial charge in [0, 0.05) is 31.5 Å². The van der Waals surface area contributed by atoms with Crippen LogP contribution in [0.1, 0.15) is 51.5 Å². The lowest BCUT2D eigenvalue weighted by atomic mass is 9.99. The van der Waals surface area contributed by atoms with Gasteiger partial charge in [0.25, 0.3) is 5.91 Å². The number of furan rings is 1. The maximum absolute atomic E-state index is 12.6. The molecule has 1 aromatic heterocycles. The lowest BCUT2D eigenvalue weighted by Crippen LogP contribution is -2.28. The fourth-order valence-electron chi connectivity index (χ4n) is 3.08. The molecule has 1 atom stereocenters. The van der Waals surface area contributed by atoms with Gasteiger partial charge in [0.05, 0.1) is 0 Å². The summed E-state index contributed by atoms with van der Waals surface area (Å²) in [5.74, 6) is -0.508. The zero-order valence-electron chi connectivity index (χ0n) is 13.0. The molecule has 0 bridgehead atoms. The number of likely N-dealkylation sites (tertiary alicyclic amines) is 1. The number of hydrogen-bond acceptors (Lipinski definition) is 3. The predicted octanol–water partition coefficient (Wildman–Crippen LogP) is 3.17. The van der Waals surface area contributed by atoms with Crippen LogP contribution in [0, 0.1) is 0 Å².